The van der Waals surface area contributed by atoms with Gasteiger partial charge in [0.25, 0.3) is 0 Å². The molecule has 0 aromatic heterocycles. The minimum absolute atomic E-state index is 0.0619. The van der Waals surface area contributed by atoms with Gasteiger partial charge in [0.05, 0.1) is 0 Å². The molecule has 0 spiro atoms. The van der Waals surface area contributed by atoms with Gasteiger partial charge in [-0.2, -0.15) is 0 Å². The van der Waals surface area contributed by atoms with Crippen molar-refractivity contribution in [2.24, 2.45) is 0 Å². The molecule has 0 radical (unpaired) electrons. The van der Waals surface area contributed by atoms with Crippen LogP contribution in [0.5, 0.6) is 11.5 Å². The topological polar surface area (TPSA) is 55.8 Å². The Morgan fingerprint density at radius 1 is 1.39 bits per heavy atom. The van der Waals surface area contributed by atoms with Crippen LogP contribution < -0.4 is 9.47 Å². The molecular formula is C13H15ClO4. The van der Waals surface area contributed by atoms with Crippen molar-refractivity contribution in [3.05, 3.63) is 22.2 Å². The smallest absolute Gasteiger partial charge is 0.303 e. The molecule has 2 rings (SSSR count). The molecule has 0 amide bonds. The molecular weight excluding hydrogens is 256 g/mol. The lowest BCUT2D eigenvalue weighted by molar-refractivity contribution is -0.136. The van der Waals surface area contributed by atoms with E-state index in [4.69, 9.17) is 26.2 Å². The molecule has 0 aliphatic carbocycles. The molecule has 0 fully saturated rings. The average Bonchev–Trinajstić information content (AvgIpc) is 2.35. The van der Waals surface area contributed by atoms with Gasteiger partial charge in [-0.05, 0) is 18.4 Å². The molecule has 1 aliphatic heterocycles. The molecule has 98 valence electrons. The Hall–Kier alpha value is -1.42. The summed E-state index contributed by atoms with van der Waals surface area (Å²) in [5, 5.41) is 9.32. The van der Waals surface area contributed by atoms with E-state index < -0.39 is 5.97 Å². The molecule has 0 saturated carbocycles. The molecule has 1 aliphatic rings. The van der Waals surface area contributed by atoms with E-state index in [0.717, 1.165) is 17.5 Å². The fraction of sp³-hybridized carbons (Fsp3) is 0.462. The summed E-state index contributed by atoms with van der Waals surface area (Å²) < 4.78 is 11.1. The third kappa shape index (κ3) is 2.53. The Bertz CT molecular complexity index is 471. The van der Waals surface area contributed by atoms with Gasteiger partial charge in [-0.15, -0.1) is 0 Å². The van der Waals surface area contributed by atoms with E-state index in [1.54, 1.807) is 6.07 Å². The zero-order chi connectivity index (χ0) is 13.1. The fourth-order valence-electron chi connectivity index (χ4n) is 2.13. The Kier molecular flexibility index (Phi) is 3.97. The maximum atomic E-state index is 10.7. The van der Waals surface area contributed by atoms with Gasteiger partial charge in [-0.25, -0.2) is 0 Å². The van der Waals surface area contributed by atoms with Crippen LogP contribution in [0, 0.1) is 0 Å². The van der Waals surface area contributed by atoms with E-state index in [1.807, 2.05) is 6.92 Å². The summed E-state index contributed by atoms with van der Waals surface area (Å²) in [6, 6.07) is 1.71. The Balaban J connectivity index is 2.41. The predicted octanol–water partition coefficient (Wildman–Crippen LogP) is 2.69. The lowest BCUT2D eigenvalue weighted by Crippen LogP contribution is -2.17. The van der Waals surface area contributed by atoms with E-state index in [0.29, 0.717) is 36.2 Å². The predicted molar refractivity (Wildman–Crippen MR) is 67.8 cm³/mol. The summed E-state index contributed by atoms with van der Waals surface area (Å²) in [7, 11) is 0. The molecule has 1 heterocycles. The van der Waals surface area contributed by atoms with Crippen LogP contribution in [0.2, 0.25) is 5.02 Å². The summed E-state index contributed by atoms with van der Waals surface area (Å²) in [5.41, 5.74) is 1.81. The summed E-state index contributed by atoms with van der Waals surface area (Å²) >= 11 is 6.20. The van der Waals surface area contributed by atoms with Crippen molar-refractivity contribution in [1.29, 1.82) is 0 Å². The zero-order valence-electron chi connectivity index (χ0n) is 10.2. The molecule has 1 aromatic rings. The van der Waals surface area contributed by atoms with Gasteiger partial charge in [-0.1, -0.05) is 18.5 Å². The number of carbonyl (C=O) groups is 1. The van der Waals surface area contributed by atoms with Gasteiger partial charge >= 0.3 is 5.97 Å². The Labute approximate surface area is 110 Å². The normalized spacial score (nSPS) is 13.4. The van der Waals surface area contributed by atoms with E-state index in [9.17, 15) is 4.79 Å². The van der Waals surface area contributed by atoms with Gasteiger partial charge in [0, 0.05) is 23.1 Å². The number of hydrogen-bond donors (Lipinski definition) is 1. The summed E-state index contributed by atoms with van der Waals surface area (Å²) in [5.74, 6) is 0.540. The third-order valence-electron chi connectivity index (χ3n) is 2.94. The van der Waals surface area contributed by atoms with Crippen LogP contribution in [-0.4, -0.2) is 24.3 Å². The molecule has 0 saturated heterocycles. The third-order valence-corrected chi connectivity index (χ3v) is 3.28. The molecule has 0 unspecified atom stereocenters. The van der Waals surface area contributed by atoms with Crippen LogP contribution in [0.1, 0.15) is 24.5 Å². The summed E-state index contributed by atoms with van der Waals surface area (Å²) in [6.07, 6.45) is 1.21. The van der Waals surface area contributed by atoms with Crippen LogP contribution in [-0.2, 0) is 17.6 Å². The maximum Gasteiger partial charge on any atom is 0.303 e. The van der Waals surface area contributed by atoms with Gasteiger partial charge < -0.3 is 14.6 Å². The second-order valence-electron chi connectivity index (χ2n) is 4.09. The molecule has 5 heteroatoms. The SMILES string of the molecule is CCc1c(CCC(=O)O)c(Cl)cc2c1OCCO2. The van der Waals surface area contributed by atoms with Crippen molar-refractivity contribution >= 4 is 17.6 Å². The number of carboxylic acids is 1. The highest BCUT2D eigenvalue weighted by Crippen LogP contribution is 2.40. The number of aliphatic carboxylic acids is 1. The molecule has 0 atom stereocenters. The maximum absolute atomic E-state index is 10.7. The van der Waals surface area contributed by atoms with Gasteiger partial charge in [0.1, 0.15) is 13.2 Å². The zero-order valence-corrected chi connectivity index (χ0v) is 10.9. The first-order valence-corrected chi connectivity index (χ1v) is 6.33. The van der Waals surface area contributed by atoms with Gasteiger partial charge in [0.15, 0.2) is 11.5 Å². The van der Waals surface area contributed by atoms with E-state index in [1.165, 1.54) is 0 Å². The van der Waals surface area contributed by atoms with Crippen molar-refractivity contribution in [3.63, 3.8) is 0 Å². The highest BCUT2D eigenvalue weighted by molar-refractivity contribution is 6.31. The first-order chi connectivity index (χ1) is 8.63. The quantitative estimate of drug-likeness (QED) is 0.914. The lowest BCUT2D eigenvalue weighted by atomic mass is 9.99. The molecule has 4 nitrogen and oxygen atoms in total. The number of hydrogen-bond acceptors (Lipinski definition) is 3. The molecule has 1 N–H and O–H groups in total. The van der Waals surface area contributed by atoms with Crippen LogP contribution in [0.15, 0.2) is 6.07 Å². The van der Waals surface area contributed by atoms with Crippen molar-refractivity contribution in [2.45, 2.75) is 26.2 Å². The van der Waals surface area contributed by atoms with Crippen molar-refractivity contribution in [3.8, 4) is 11.5 Å². The van der Waals surface area contributed by atoms with Crippen molar-refractivity contribution in [2.75, 3.05) is 13.2 Å². The number of fused-ring (bicyclic) bond motifs is 1. The van der Waals surface area contributed by atoms with Crippen LogP contribution in [0.3, 0.4) is 0 Å². The van der Waals surface area contributed by atoms with Crippen LogP contribution in [0.25, 0.3) is 0 Å². The standard InChI is InChI=1S/C13H15ClO4/c1-2-8-9(3-4-12(15)16)10(14)7-11-13(8)18-6-5-17-11/h7H,2-6H2,1H3,(H,15,16). The average molecular weight is 271 g/mol. The highest BCUT2D eigenvalue weighted by Gasteiger charge is 2.21. The lowest BCUT2D eigenvalue weighted by Gasteiger charge is -2.23. The van der Waals surface area contributed by atoms with Crippen LogP contribution >= 0.6 is 11.6 Å². The number of carboxylic acid groups (broad SMARTS) is 1. The second kappa shape index (κ2) is 5.48. The van der Waals surface area contributed by atoms with E-state index in [-0.39, 0.29) is 6.42 Å². The Morgan fingerprint density at radius 3 is 2.78 bits per heavy atom. The fourth-order valence-corrected chi connectivity index (χ4v) is 2.44. The monoisotopic (exact) mass is 270 g/mol. The van der Waals surface area contributed by atoms with Crippen molar-refractivity contribution in [1.82, 2.24) is 0 Å². The minimum Gasteiger partial charge on any atom is -0.486 e. The number of benzene rings is 1. The number of rotatable bonds is 4. The first kappa shape index (κ1) is 13.0. The Morgan fingerprint density at radius 2 is 2.11 bits per heavy atom. The van der Waals surface area contributed by atoms with Gasteiger partial charge in [0.2, 0.25) is 0 Å². The highest BCUT2D eigenvalue weighted by atomic mass is 35.5. The largest absolute Gasteiger partial charge is 0.486 e. The number of halogens is 1. The summed E-state index contributed by atoms with van der Waals surface area (Å²) in [6.45, 7) is 3.02. The summed E-state index contributed by atoms with van der Waals surface area (Å²) in [4.78, 5) is 10.7. The van der Waals surface area contributed by atoms with E-state index in [2.05, 4.69) is 0 Å². The molecule has 1 aromatic carbocycles. The van der Waals surface area contributed by atoms with Crippen molar-refractivity contribution < 1.29 is 19.4 Å². The molecule has 0 bridgehead atoms. The number of ether oxygens (including phenoxy) is 2. The van der Waals surface area contributed by atoms with Gasteiger partial charge in [-0.3, -0.25) is 4.79 Å². The second-order valence-corrected chi connectivity index (χ2v) is 4.49. The molecule has 18 heavy (non-hydrogen) atoms. The first-order valence-electron chi connectivity index (χ1n) is 5.95. The minimum atomic E-state index is -0.831. The van der Waals surface area contributed by atoms with E-state index >= 15 is 0 Å². The van der Waals surface area contributed by atoms with Crippen LogP contribution in [0.4, 0.5) is 0 Å².